The molecule has 0 saturated carbocycles. The Hall–Kier alpha value is -1.63. The van der Waals surface area contributed by atoms with Gasteiger partial charge in [-0.05, 0) is 40.7 Å². The van der Waals surface area contributed by atoms with E-state index in [0.717, 1.165) is 25.9 Å². The molecule has 1 fully saturated rings. The lowest BCUT2D eigenvalue weighted by Gasteiger charge is -2.35. The Kier molecular flexibility index (Phi) is 5.55. The van der Waals surface area contributed by atoms with Gasteiger partial charge in [0.2, 0.25) is 11.9 Å². The van der Waals surface area contributed by atoms with Crippen molar-refractivity contribution in [3.63, 3.8) is 0 Å². The van der Waals surface area contributed by atoms with Gasteiger partial charge in [0, 0.05) is 25.2 Å². The van der Waals surface area contributed by atoms with Gasteiger partial charge in [0.1, 0.15) is 0 Å². The minimum atomic E-state index is 0.368. The number of nitrogens with zero attached hydrogens (tertiary/aromatic N) is 4. The maximum atomic E-state index is 5.41. The SMILES string of the molecule is CCNc1nc(NC2CCN(C)C(C)C2)nc(OCC)n1. The minimum absolute atomic E-state index is 0.368. The highest BCUT2D eigenvalue weighted by atomic mass is 16.5. The summed E-state index contributed by atoms with van der Waals surface area (Å²) in [5.41, 5.74) is 0. The molecule has 0 amide bonds. The highest BCUT2D eigenvalue weighted by Gasteiger charge is 2.23. The molecule has 2 N–H and O–H groups in total. The third kappa shape index (κ3) is 4.42. The largest absolute Gasteiger partial charge is 0.464 e. The lowest BCUT2D eigenvalue weighted by Crippen LogP contribution is -2.42. The van der Waals surface area contributed by atoms with Crippen molar-refractivity contribution in [3.05, 3.63) is 0 Å². The van der Waals surface area contributed by atoms with Gasteiger partial charge in [-0.2, -0.15) is 15.0 Å². The molecule has 21 heavy (non-hydrogen) atoms. The number of ether oxygens (including phenoxy) is 1. The zero-order valence-corrected chi connectivity index (χ0v) is 13.4. The molecule has 2 unspecified atom stereocenters. The van der Waals surface area contributed by atoms with Crippen LogP contribution in [0.4, 0.5) is 11.9 Å². The average Bonchev–Trinajstić information content (AvgIpc) is 2.43. The smallest absolute Gasteiger partial charge is 0.323 e. The van der Waals surface area contributed by atoms with Crippen molar-refractivity contribution < 1.29 is 4.74 Å². The van der Waals surface area contributed by atoms with E-state index in [0.29, 0.717) is 36.6 Å². The second-order valence-electron chi connectivity index (χ2n) is 5.42. The number of likely N-dealkylation sites (tertiary alicyclic amines) is 1. The standard InChI is InChI=1S/C14H26N6O/c1-5-15-12-17-13(19-14(18-12)21-6-2)16-11-7-8-20(4)10(3)9-11/h10-11H,5-9H2,1-4H3,(H2,15,16,17,18,19). The third-order valence-corrected chi connectivity index (χ3v) is 3.76. The zero-order valence-electron chi connectivity index (χ0n) is 13.4. The zero-order chi connectivity index (χ0) is 15.2. The van der Waals surface area contributed by atoms with Crippen LogP contribution in [0.1, 0.15) is 33.6 Å². The maximum Gasteiger partial charge on any atom is 0.323 e. The van der Waals surface area contributed by atoms with Crippen molar-refractivity contribution in [2.45, 2.75) is 45.7 Å². The molecule has 0 aromatic carbocycles. The Morgan fingerprint density at radius 3 is 2.67 bits per heavy atom. The van der Waals surface area contributed by atoms with E-state index < -0.39 is 0 Å². The number of hydrogen-bond donors (Lipinski definition) is 2. The highest BCUT2D eigenvalue weighted by Crippen LogP contribution is 2.19. The number of hydrogen-bond acceptors (Lipinski definition) is 7. The molecule has 1 saturated heterocycles. The fraction of sp³-hybridized carbons (Fsp3) is 0.786. The Balaban J connectivity index is 2.07. The molecule has 2 atom stereocenters. The van der Waals surface area contributed by atoms with Crippen molar-refractivity contribution in [3.8, 4) is 6.01 Å². The molecule has 1 aromatic rings. The average molecular weight is 294 g/mol. The molecular formula is C14H26N6O. The second kappa shape index (κ2) is 7.40. The van der Waals surface area contributed by atoms with Gasteiger partial charge >= 0.3 is 6.01 Å². The second-order valence-corrected chi connectivity index (χ2v) is 5.42. The summed E-state index contributed by atoms with van der Waals surface area (Å²) in [7, 11) is 2.17. The van der Waals surface area contributed by atoms with Crippen molar-refractivity contribution in [2.75, 3.05) is 37.4 Å². The number of aromatic nitrogens is 3. The molecule has 0 bridgehead atoms. The lowest BCUT2D eigenvalue weighted by atomic mass is 9.99. The van der Waals surface area contributed by atoms with Crippen molar-refractivity contribution in [2.24, 2.45) is 0 Å². The molecule has 0 radical (unpaired) electrons. The summed E-state index contributed by atoms with van der Waals surface area (Å²) in [4.78, 5) is 15.3. The van der Waals surface area contributed by atoms with Crippen molar-refractivity contribution in [1.29, 1.82) is 0 Å². The predicted molar refractivity (Wildman–Crippen MR) is 83.9 cm³/mol. The summed E-state index contributed by atoms with van der Waals surface area (Å²) in [6, 6.07) is 1.33. The van der Waals surface area contributed by atoms with Gasteiger partial charge in [0.25, 0.3) is 0 Å². The summed E-state index contributed by atoms with van der Waals surface area (Å²) in [6.45, 7) is 8.57. The van der Waals surface area contributed by atoms with E-state index in [1.807, 2.05) is 13.8 Å². The van der Waals surface area contributed by atoms with Gasteiger partial charge in [0.05, 0.1) is 6.61 Å². The summed E-state index contributed by atoms with van der Waals surface area (Å²) >= 11 is 0. The normalized spacial score (nSPS) is 22.9. The third-order valence-electron chi connectivity index (χ3n) is 3.76. The van der Waals surface area contributed by atoms with Crippen LogP contribution < -0.4 is 15.4 Å². The monoisotopic (exact) mass is 294 g/mol. The van der Waals surface area contributed by atoms with Crippen LogP contribution in [0.2, 0.25) is 0 Å². The Morgan fingerprint density at radius 2 is 2.00 bits per heavy atom. The molecule has 0 spiro atoms. The first-order valence-corrected chi connectivity index (χ1v) is 7.71. The number of nitrogens with one attached hydrogen (secondary N) is 2. The fourth-order valence-electron chi connectivity index (χ4n) is 2.45. The van der Waals surface area contributed by atoms with E-state index in [9.17, 15) is 0 Å². The molecule has 1 aliphatic heterocycles. The minimum Gasteiger partial charge on any atom is -0.464 e. The highest BCUT2D eigenvalue weighted by molar-refractivity contribution is 5.36. The molecule has 2 heterocycles. The Morgan fingerprint density at radius 1 is 1.24 bits per heavy atom. The van der Waals surface area contributed by atoms with E-state index in [2.05, 4.69) is 44.5 Å². The molecule has 2 rings (SSSR count). The number of anilines is 2. The van der Waals surface area contributed by atoms with Crippen LogP contribution in [0.25, 0.3) is 0 Å². The van der Waals surface area contributed by atoms with E-state index in [4.69, 9.17) is 4.74 Å². The molecule has 118 valence electrons. The summed E-state index contributed by atoms with van der Waals surface area (Å²) in [5.74, 6) is 1.14. The van der Waals surface area contributed by atoms with Gasteiger partial charge in [0.15, 0.2) is 0 Å². The van der Waals surface area contributed by atoms with Crippen LogP contribution >= 0.6 is 0 Å². The molecule has 7 heteroatoms. The van der Waals surface area contributed by atoms with E-state index in [1.165, 1.54) is 0 Å². The summed E-state index contributed by atoms with van der Waals surface area (Å²) < 4.78 is 5.41. The molecular weight excluding hydrogens is 268 g/mol. The van der Waals surface area contributed by atoms with Crippen LogP contribution in [0, 0.1) is 0 Å². The maximum absolute atomic E-state index is 5.41. The predicted octanol–water partition coefficient (Wildman–Crippen LogP) is 1.60. The van der Waals surface area contributed by atoms with E-state index in [-0.39, 0.29) is 0 Å². The number of rotatable bonds is 6. The molecule has 1 aromatic heterocycles. The number of piperidine rings is 1. The first-order chi connectivity index (χ1) is 10.1. The Labute approximate surface area is 126 Å². The molecule has 1 aliphatic rings. The van der Waals surface area contributed by atoms with Crippen molar-refractivity contribution >= 4 is 11.9 Å². The fourth-order valence-corrected chi connectivity index (χ4v) is 2.45. The first kappa shape index (κ1) is 15.8. The van der Waals surface area contributed by atoms with Crippen LogP contribution in [0.15, 0.2) is 0 Å². The van der Waals surface area contributed by atoms with Crippen LogP contribution in [0.3, 0.4) is 0 Å². The summed E-state index contributed by atoms with van der Waals surface area (Å²) in [6.07, 6.45) is 2.18. The van der Waals surface area contributed by atoms with Crippen LogP contribution in [-0.2, 0) is 0 Å². The van der Waals surface area contributed by atoms with E-state index in [1.54, 1.807) is 0 Å². The molecule has 7 nitrogen and oxygen atoms in total. The van der Waals surface area contributed by atoms with E-state index >= 15 is 0 Å². The van der Waals surface area contributed by atoms with Crippen LogP contribution in [-0.4, -0.2) is 58.7 Å². The Bertz CT molecular complexity index is 431. The van der Waals surface area contributed by atoms with Gasteiger partial charge < -0.3 is 20.3 Å². The molecule has 0 aliphatic carbocycles. The topological polar surface area (TPSA) is 75.2 Å². The lowest BCUT2D eigenvalue weighted by molar-refractivity contribution is 0.189. The van der Waals surface area contributed by atoms with Crippen LogP contribution in [0.5, 0.6) is 6.01 Å². The van der Waals surface area contributed by atoms with Gasteiger partial charge in [-0.3, -0.25) is 0 Å². The van der Waals surface area contributed by atoms with Gasteiger partial charge in [-0.15, -0.1) is 0 Å². The quantitative estimate of drug-likeness (QED) is 0.825. The summed E-state index contributed by atoms with van der Waals surface area (Å²) in [5, 5.41) is 6.53. The van der Waals surface area contributed by atoms with Crippen molar-refractivity contribution in [1.82, 2.24) is 19.9 Å². The van der Waals surface area contributed by atoms with Gasteiger partial charge in [-0.25, -0.2) is 0 Å². The first-order valence-electron chi connectivity index (χ1n) is 7.71. The van der Waals surface area contributed by atoms with Gasteiger partial charge in [-0.1, -0.05) is 0 Å².